The summed E-state index contributed by atoms with van der Waals surface area (Å²) in [6.07, 6.45) is 1.57. The summed E-state index contributed by atoms with van der Waals surface area (Å²) in [6, 6.07) is 19.1. The zero-order valence-corrected chi connectivity index (χ0v) is 18.4. The minimum Gasteiger partial charge on any atom is -0.489 e. The molecule has 0 bridgehead atoms. The van der Waals surface area contributed by atoms with E-state index in [9.17, 15) is 4.79 Å². The number of rotatable bonds is 7. The van der Waals surface area contributed by atoms with Gasteiger partial charge in [-0.1, -0.05) is 38.1 Å². The fourth-order valence-corrected chi connectivity index (χ4v) is 3.38. The van der Waals surface area contributed by atoms with Gasteiger partial charge < -0.3 is 14.2 Å². The van der Waals surface area contributed by atoms with Crippen LogP contribution >= 0.6 is 0 Å². The van der Waals surface area contributed by atoms with E-state index in [2.05, 4.69) is 49.5 Å². The van der Waals surface area contributed by atoms with Crippen LogP contribution in [0.2, 0.25) is 0 Å². The Morgan fingerprint density at radius 1 is 1.06 bits per heavy atom. The first-order valence-corrected chi connectivity index (χ1v) is 10.5. The lowest BCUT2D eigenvalue weighted by atomic mass is 10.0. The number of carbonyl (C=O) groups is 1. The van der Waals surface area contributed by atoms with Gasteiger partial charge in [0.2, 0.25) is 6.79 Å². The molecule has 1 N–H and O–H groups in total. The van der Waals surface area contributed by atoms with E-state index in [0.29, 0.717) is 29.6 Å². The number of hydrogen-bond acceptors (Lipinski definition) is 5. The molecule has 3 aromatic rings. The van der Waals surface area contributed by atoms with E-state index >= 15 is 0 Å². The van der Waals surface area contributed by atoms with Crippen LogP contribution in [0, 0.1) is 6.92 Å². The van der Waals surface area contributed by atoms with Gasteiger partial charge in [-0.15, -0.1) is 0 Å². The molecule has 1 aliphatic heterocycles. The van der Waals surface area contributed by atoms with Gasteiger partial charge in [0, 0.05) is 5.56 Å². The van der Waals surface area contributed by atoms with Crippen LogP contribution in [-0.2, 0) is 6.61 Å². The molecule has 6 nitrogen and oxygen atoms in total. The molecule has 0 radical (unpaired) electrons. The van der Waals surface area contributed by atoms with Crippen LogP contribution in [0.25, 0.3) is 0 Å². The quantitative estimate of drug-likeness (QED) is 0.414. The number of nitrogens with zero attached hydrogens (tertiary/aromatic N) is 1. The van der Waals surface area contributed by atoms with Gasteiger partial charge in [0.25, 0.3) is 5.91 Å². The average molecular weight is 431 g/mol. The van der Waals surface area contributed by atoms with Crippen molar-refractivity contribution in [2.75, 3.05) is 6.79 Å². The third kappa shape index (κ3) is 5.09. The largest absolute Gasteiger partial charge is 0.489 e. The van der Waals surface area contributed by atoms with Gasteiger partial charge in [0.05, 0.1) is 6.21 Å². The van der Waals surface area contributed by atoms with Gasteiger partial charge in [-0.25, -0.2) is 5.43 Å². The highest BCUT2D eigenvalue weighted by Crippen LogP contribution is 2.32. The van der Waals surface area contributed by atoms with E-state index < -0.39 is 0 Å². The normalized spacial score (nSPS) is 12.4. The molecule has 0 aliphatic carbocycles. The Kier molecular flexibility index (Phi) is 6.40. The molecule has 0 unspecified atom stereocenters. The fourth-order valence-electron chi connectivity index (χ4n) is 3.38. The Labute approximate surface area is 187 Å². The van der Waals surface area contributed by atoms with Crippen molar-refractivity contribution < 1.29 is 19.0 Å². The molecule has 6 heteroatoms. The summed E-state index contributed by atoms with van der Waals surface area (Å²) < 4.78 is 16.7. The second kappa shape index (κ2) is 9.56. The van der Waals surface area contributed by atoms with Crippen molar-refractivity contribution in [3.05, 3.63) is 88.5 Å². The Balaban J connectivity index is 1.33. The highest BCUT2D eigenvalue weighted by Gasteiger charge is 2.13. The monoisotopic (exact) mass is 430 g/mol. The molecule has 164 valence electrons. The molecule has 1 heterocycles. The Hall–Kier alpha value is -3.80. The minimum absolute atomic E-state index is 0.220. The lowest BCUT2D eigenvalue weighted by molar-refractivity contribution is 0.0955. The topological polar surface area (TPSA) is 69.2 Å². The van der Waals surface area contributed by atoms with E-state index in [1.165, 1.54) is 5.56 Å². The number of hydrazone groups is 1. The van der Waals surface area contributed by atoms with E-state index in [4.69, 9.17) is 14.2 Å². The lowest BCUT2D eigenvalue weighted by Crippen LogP contribution is -2.17. The van der Waals surface area contributed by atoms with Crippen LogP contribution in [0.1, 0.15) is 52.4 Å². The van der Waals surface area contributed by atoms with Gasteiger partial charge in [-0.05, 0) is 71.5 Å². The summed E-state index contributed by atoms with van der Waals surface area (Å²) >= 11 is 0. The first-order chi connectivity index (χ1) is 15.5. The summed E-state index contributed by atoms with van der Waals surface area (Å²) in [5.41, 5.74) is 7.21. The van der Waals surface area contributed by atoms with Crippen LogP contribution in [0.5, 0.6) is 17.2 Å². The lowest BCUT2D eigenvalue weighted by Gasteiger charge is -2.15. The van der Waals surface area contributed by atoms with Gasteiger partial charge in [-0.3, -0.25) is 4.79 Å². The molecule has 0 atom stereocenters. The zero-order chi connectivity index (χ0) is 22.5. The number of benzene rings is 3. The second-order valence-electron chi connectivity index (χ2n) is 7.99. The number of amides is 1. The van der Waals surface area contributed by atoms with E-state index in [1.54, 1.807) is 18.3 Å². The molecular formula is C26H26N2O4. The SMILES string of the molecule is Cc1ccc(C(C)C)c(OCc2ccc(C(=O)N/N=C/c3ccc4c(c3)OCO4)cc2)c1. The van der Waals surface area contributed by atoms with Gasteiger partial charge in [0.15, 0.2) is 11.5 Å². The first kappa shape index (κ1) is 21.4. The molecule has 32 heavy (non-hydrogen) atoms. The number of hydrogen-bond donors (Lipinski definition) is 1. The summed E-state index contributed by atoms with van der Waals surface area (Å²) in [6.45, 7) is 7.02. The molecule has 3 aromatic carbocycles. The van der Waals surface area contributed by atoms with Crippen molar-refractivity contribution in [2.24, 2.45) is 5.10 Å². The van der Waals surface area contributed by atoms with Gasteiger partial charge in [0.1, 0.15) is 12.4 Å². The number of nitrogens with one attached hydrogen (secondary N) is 1. The van der Waals surface area contributed by atoms with Crippen molar-refractivity contribution in [1.29, 1.82) is 0 Å². The summed E-state index contributed by atoms with van der Waals surface area (Å²) in [4.78, 5) is 12.4. The Bertz CT molecular complexity index is 1140. The summed E-state index contributed by atoms with van der Waals surface area (Å²) in [5, 5.41) is 4.03. The van der Waals surface area contributed by atoms with Crippen molar-refractivity contribution in [3.8, 4) is 17.2 Å². The Morgan fingerprint density at radius 2 is 1.84 bits per heavy atom. The van der Waals surface area contributed by atoms with Crippen molar-refractivity contribution in [1.82, 2.24) is 5.43 Å². The van der Waals surface area contributed by atoms with Crippen LogP contribution in [0.15, 0.2) is 65.8 Å². The Morgan fingerprint density at radius 3 is 2.62 bits per heavy atom. The van der Waals surface area contributed by atoms with Crippen LogP contribution < -0.4 is 19.6 Å². The molecule has 0 saturated carbocycles. The highest BCUT2D eigenvalue weighted by atomic mass is 16.7. The number of fused-ring (bicyclic) bond motifs is 1. The van der Waals surface area contributed by atoms with E-state index in [-0.39, 0.29) is 12.7 Å². The summed E-state index contributed by atoms with van der Waals surface area (Å²) in [7, 11) is 0. The van der Waals surface area contributed by atoms with Crippen molar-refractivity contribution >= 4 is 12.1 Å². The predicted molar refractivity (Wildman–Crippen MR) is 124 cm³/mol. The smallest absolute Gasteiger partial charge is 0.271 e. The molecule has 0 fully saturated rings. The minimum atomic E-state index is -0.282. The van der Waals surface area contributed by atoms with Crippen LogP contribution in [-0.4, -0.2) is 18.9 Å². The van der Waals surface area contributed by atoms with Gasteiger partial charge in [-0.2, -0.15) is 5.10 Å². The molecule has 1 aliphatic rings. The van der Waals surface area contributed by atoms with Crippen molar-refractivity contribution in [3.63, 3.8) is 0 Å². The standard InChI is InChI=1S/C26H26N2O4/c1-17(2)22-10-4-18(3)12-24(22)30-15-19-5-8-21(9-6-19)26(29)28-27-14-20-7-11-23-25(13-20)32-16-31-23/h4-14,17H,15-16H2,1-3H3,(H,28,29)/b27-14+. The van der Waals surface area contributed by atoms with Crippen LogP contribution in [0.3, 0.4) is 0 Å². The number of ether oxygens (including phenoxy) is 3. The fraction of sp³-hybridized carbons (Fsp3) is 0.231. The number of aryl methyl sites for hydroxylation is 1. The maximum Gasteiger partial charge on any atom is 0.271 e. The molecule has 4 rings (SSSR count). The molecule has 0 spiro atoms. The van der Waals surface area contributed by atoms with E-state index in [1.807, 2.05) is 30.3 Å². The first-order valence-electron chi connectivity index (χ1n) is 10.5. The van der Waals surface area contributed by atoms with Gasteiger partial charge >= 0.3 is 0 Å². The highest BCUT2D eigenvalue weighted by molar-refractivity contribution is 5.95. The third-order valence-electron chi connectivity index (χ3n) is 5.18. The summed E-state index contributed by atoms with van der Waals surface area (Å²) in [5.74, 6) is 2.38. The maximum atomic E-state index is 12.4. The molecule has 0 aromatic heterocycles. The number of carbonyl (C=O) groups excluding carboxylic acids is 1. The van der Waals surface area contributed by atoms with Crippen molar-refractivity contribution in [2.45, 2.75) is 33.3 Å². The van der Waals surface area contributed by atoms with Crippen LogP contribution in [0.4, 0.5) is 0 Å². The second-order valence-corrected chi connectivity index (χ2v) is 7.99. The van der Waals surface area contributed by atoms with E-state index in [0.717, 1.165) is 22.4 Å². The third-order valence-corrected chi connectivity index (χ3v) is 5.18. The molecule has 0 saturated heterocycles. The maximum absolute atomic E-state index is 12.4. The predicted octanol–water partition coefficient (Wildman–Crippen LogP) is 5.19. The zero-order valence-electron chi connectivity index (χ0n) is 18.4. The average Bonchev–Trinajstić information content (AvgIpc) is 3.26. The molecule has 1 amide bonds. The molecular weight excluding hydrogens is 404 g/mol.